The molecule has 104 valence electrons. The Kier molecular flexibility index (Phi) is 3.54. The lowest BCUT2D eigenvalue weighted by molar-refractivity contribution is 0.0862. The Morgan fingerprint density at radius 3 is 2.90 bits per heavy atom. The number of thiophene rings is 1. The van der Waals surface area contributed by atoms with Gasteiger partial charge in [-0.1, -0.05) is 35.9 Å². The van der Waals surface area contributed by atoms with Gasteiger partial charge in [-0.2, -0.15) is 0 Å². The van der Waals surface area contributed by atoms with Crippen LogP contribution < -0.4 is 5.32 Å². The summed E-state index contributed by atoms with van der Waals surface area (Å²) in [4.78, 5) is 12.8. The molecule has 3 rings (SSSR count). The molecule has 2 aromatic rings. The summed E-state index contributed by atoms with van der Waals surface area (Å²) in [5.74, 6) is -0.228. The Morgan fingerprint density at radius 2 is 2.20 bits per heavy atom. The minimum absolute atomic E-state index is 0.228. The van der Waals surface area contributed by atoms with Crippen LogP contribution in [0.3, 0.4) is 0 Å². The number of carbonyl (C=O) groups is 1. The second-order valence-electron chi connectivity index (χ2n) is 4.98. The number of benzene rings is 1. The number of halogens is 1. The molecular weight excluding hydrogens is 294 g/mol. The summed E-state index contributed by atoms with van der Waals surface area (Å²) < 4.78 is 0. The maximum atomic E-state index is 12.3. The average molecular weight is 308 g/mol. The van der Waals surface area contributed by atoms with Crippen molar-refractivity contribution in [1.82, 2.24) is 5.32 Å². The second kappa shape index (κ2) is 5.20. The van der Waals surface area contributed by atoms with Crippen molar-refractivity contribution in [1.29, 1.82) is 0 Å². The van der Waals surface area contributed by atoms with Crippen LogP contribution in [0.5, 0.6) is 0 Å². The molecule has 0 spiro atoms. The Bertz CT molecular complexity index is 668. The zero-order valence-electron chi connectivity index (χ0n) is 10.9. The van der Waals surface area contributed by atoms with Crippen molar-refractivity contribution in [3.63, 3.8) is 0 Å². The first-order chi connectivity index (χ1) is 9.58. The third-order valence-corrected chi connectivity index (χ3v) is 5.29. The molecule has 1 heterocycles. The molecule has 1 aromatic heterocycles. The van der Waals surface area contributed by atoms with Crippen LogP contribution in [0.2, 0.25) is 5.02 Å². The van der Waals surface area contributed by atoms with Crippen LogP contribution in [0.15, 0.2) is 29.6 Å². The number of hydrogen-bond acceptors (Lipinski definition) is 3. The third-order valence-electron chi connectivity index (χ3n) is 3.60. The zero-order chi connectivity index (χ0) is 14.3. The Morgan fingerprint density at radius 1 is 1.45 bits per heavy atom. The predicted molar refractivity (Wildman–Crippen MR) is 80.4 cm³/mol. The van der Waals surface area contributed by atoms with E-state index in [0.29, 0.717) is 16.3 Å². The summed E-state index contributed by atoms with van der Waals surface area (Å²) in [6.07, 6.45) is -0.0191. The number of nitrogens with one attached hydrogen (secondary N) is 1. The van der Waals surface area contributed by atoms with Crippen molar-refractivity contribution in [2.45, 2.75) is 25.5 Å². The number of amides is 1. The van der Waals surface area contributed by atoms with Crippen molar-refractivity contribution >= 4 is 28.8 Å². The standard InChI is InChI=1S/C15H14ClNO2S/c1-8-7-20-14(12(8)16)15(19)17-13-10-5-3-2-4-9(10)6-11(13)18/h2-5,7,11,13,18H,6H2,1H3,(H,17,19)/t11-,13+/m0/s1. The molecule has 20 heavy (non-hydrogen) atoms. The van der Waals surface area contributed by atoms with Crippen molar-refractivity contribution < 1.29 is 9.90 Å². The Labute approximate surface area is 126 Å². The predicted octanol–water partition coefficient (Wildman–Crippen LogP) is 3.10. The van der Waals surface area contributed by atoms with E-state index in [1.807, 2.05) is 36.6 Å². The van der Waals surface area contributed by atoms with Gasteiger partial charge in [0, 0.05) is 6.42 Å². The van der Waals surface area contributed by atoms with Gasteiger partial charge in [-0.3, -0.25) is 4.79 Å². The number of fused-ring (bicyclic) bond motifs is 1. The van der Waals surface area contributed by atoms with Crippen LogP contribution in [0.4, 0.5) is 0 Å². The highest BCUT2D eigenvalue weighted by Crippen LogP contribution is 2.33. The molecule has 0 bridgehead atoms. The monoisotopic (exact) mass is 307 g/mol. The maximum Gasteiger partial charge on any atom is 0.263 e. The van der Waals surface area contributed by atoms with Crippen LogP contribution in [0, 0.1) is 6.92 Å². The van der Waals surface area contributed by atoms with Gasteiger partial charge in [-0.25, -0.2) is 0 Å². The molecule has 0 unspecified atom stereocenters. The second-order valence-corrected chi connectivity index (χ2v) is 6.24. The molecule has 1 amide bonds. The van der Waals surface area contributed by atoms with Crippen LogP contribution in [0.1, 0.15) is 32.4 Å². The van der Waals surface area contributed by atoms with E-state index in [0.717, 1.165) is 16.7 Å². The van der Waals surface area contributed by atoms with E-state index in [1.165, 1.54) is 11.3 Å². The van der Waals surface area contributed by atoms with Crippen molar-refractivity contribution in [2.75, 3.05) is 0 Å². The number of hydrogen-bond donors (Lipinski definition) is 2. The summed E-state index contributed by atoms with van der Waals surface area (Å²) in [6.45, 7) is 1.87. The molecule has 2 N–H and O–H groups in total. The topological polar surface area (TPSA) is 49.3 Å². The molecule has 3 nitrogen and oxygen atoms in total. The molecule has 2 atom stereocenters. The summed E-state index contributed by atoms with van der Waals surface area (Å²) >= 11 is 7.44. The van der Waals surface area contributed by atoms with Crippen molar-refractivity contribution in [2.24, 2.45) is 0 Å². The fourth-order valence-corrected chi connectivity index (χ4v) is 3.72. The molecule has 0 aliphatic heterocycles. The molecule has 0 saturated heterocycles. The maximum absolute atomic E-state index is 12.3. The summed E-state index contributed by atoms with van der Waals surface area (Å²) in [6, 6.07) is 7.41. The zero-order valence-corrected chi connectivity index (χ0v) is 12.5. The highest BCUT2D eigenvalue weighted by Gasteiger charge is 2.32. The van der Waals surface area contributed by atoms with Crippen molar-refractivity contribution in [3.8, 4) is 0 Å². The number of aliphatic hydroxyl groups excluding tert-OH is 1. The lowest BCUT2D eigenvalue weighted by Crippen LogP contribution is -2.33. The average Bonchev–Trinajstić information content (AvgIpc) is 2.92. The van der Waals surface area contributed by atoms with Crippen LogP contribution in [-0.2, 0) is 6.42 Å². The van der Waals surface area contributed by atoms with Crippen molar-refractivity contribution in [3.05, 3.63) is 56.2 Å². The molecule has 1 aliphatic carbocycles. The number of carbonyl (C=O) groups excluding carboxylic acids is 1. The molecule has 1 aromatic carbocycles. The first-order valence-electron chi connectivity index (χ1n) is 6.38. The number of rotatable bonds is 2. The van der Waals surface area contributed by atoms with Crippen LogP contribution in [-0.4, -0.2) is 17.1 Å². The molecule has 0 radical (unpaired) electrons. The smallest absolute Gasteiger partial charge is 0.263 e. The first-order valence-corrected chi connectivity index (χ1v) is 7.64. The molecule has 0 saturated carbocycles. The van der Waals surface area contributed by atoms with Gasteiger partial charge in [0.15, 0.2) is 0 Å². The van der Waals surface area contributed by atoms with Gasteiger partial charge in [0.2, 0.25) is 0 Å². The van der Waals surface area contributed by atoms with E-state index in [4.69, 9.17) is 11.6 Å². The summed E-state index contributed by atoms with van der Waals surface area (Å²) in [5.41, 5.74) is 2.96. The van der Waals surface area contributed by atoms with Gasteiger partial charge in [0.1, 0.15) is 4.88 Å². The van der Waals surface area contributed by atoms with Gasteiger partial charge in [0.05, 0.1) is 17.2 Å². The SMILES string of the molecule is Cc1csc(C(=O)N[C@@H]2c3ccccc3C[C@@H]2O)c1Cl. The van der Waals surface area contributed by atoms with Gasteiger partial charge in [0.25, 0.3) is 5.91 Å². The number of aliphatic hydroxyl groups is 1. The summed E-state index contributed by atoms with van der Waals surface area (Å²) in [7, 11) is 0. The quantitative estimate of drug-likeness (QED) is 0.895. The Balaban J connectivity index is 1.85. The largest absolute Gasteiger partial charge is 0.390 e. The van der Waals surface area contributed by atoms with E-state index >= 15 is 0 Å². The van der Waals surface area contributed by atoms with E-state index in [-0.39, 0.29) is 11.9 Å². The van der Waals surface area contributed by atoms with Gasteiger partial charge in [-0.15, -0.1) is 11.3 Å². The minimum Gasteiger partial charge on any atom is -0.390 e. The van der Waals surface area contributed by atoms with E-state index in [1.54, 1.807) is 0 Å². The normalized spacial score (nSPS) is 20.8. The minimum atomic E-state index is -0.587. The molecule has 1 aliphatic rings. The molecular formula is C15H14ClNO2S. The molecule has 0 fully saturated rings. The number of aryl methyl sites for hydroxylation is 1. The third kappa shape index (κ3) is 2.24. The molecule has 5 heteroatoms. The van der Waals surface area contributed by atoms with E-state index in [2.05, 4.69) is 5.32 Å². The van der Waals surface area contributed by atoms with Crippen LogP contribution >= 0.6 is 22.9 Å². The lowest BCUT2D eigenvalue weighted by Gasteiger charge is -2.17. The Hall–Kier alpha value is -1.36. The fraction of sp³-hybridized carbons (Fsp3) is 0.267. The van der Waals surface area contributed by atoms with Crippen LogP contribution in [0.25, 0.3) is 0 Å². The summed E-state index contributed by atoms with van der Waals surface area (Å²) in [5, 5.41) is 15.4. The lowest BCUT2D eigenvalue weighted by atomic mass is 10.1. The van der Waals surface area contributed by atoms with Gasteiger partial charge >= 0.3 is 0 Å². The van der Waals surface area contributed by atoms with Gasteiger partial charge in [-0.05, 0) is 29.0 Å². The fourth-order valence-electron chi connectivity index (χ4n) is 2.54. The highest BCUT2D eigenvalue weighted by molar-refractivity contribution is 7.13. The highest BCUT2D eigenvalue weighted by atomic mass is 35.5. The van der Waals surface area contributed by atoms with E-state index in [9.17, 15) is 9.90 Å². The first kappa shape index (κ1) is 13.6. The van der Waals surface area contributed by atoms with E-state index < -0.39 is 6.10 Å². The van der Waals surface area contributed by atoms with Gasteiger partial charge < -0.3 is 10.4 Å².